The van der Waals surface area contributed by atoms with Crippen LogP contribution in [0.5, 0.6) is 0 Å². The Labute approximate surface area is 182 Å². The minimum absolute atomic E-state index is 0.0262. The van der Waals surface area contributed by atoms with E-state index in [0.29, 0.717) is 6.10 Å². The molecule has 0 aromatic heterocycles. The van der Waals surface area contributed by atoms with Crippen LogP contribution in [0, 0.1) is 0 Å². The van der Waals surface area contributed by atoms with Crippen molar-refractivity contribution in [2.24, 2.45) is 0 Å². The molecule has 0 aliphatic carbocycles. The average molecular weight is 417 g/mol. The molecule has 30 heavy (non-hydrogen) atoms. The van der Waals surface area contributed by atoms with E-state index in [1.807, 2.05) is 0 Å². The molecular weight excluding hydrogens is 384 g/mol. The van der Waals surface area contributed by atoms with Gasteiger partial charge in [0.2, 0.25) is 0 Å². The van der Waals surface area contributed by atoms with E-state index >= 15 is 0 Å². The highest BCUT2D eigenvalue weighted by Crippen LogP contribution is 2.41. The van der Waals surface area contributed by atoms with E-state index in [2.05, 4.69) is 112 Å². The molecular formula is C27H32O2Si. The summed E-state index contributed by atoms with van der Waals surface area (Å²) in [5.41, 5.74) is 1.29. The molecule has 4 rings (SSSR count). The molecule has 2 nitrogen and oxygen atoms in total. The van der Waals surface area contributed by atoms with Crippen LogP contribution in [-0.4, -0.2) is 21.0 Å². The molecule has 0 bridgehead atoms. The SMILES string of the molecule is CC(C)(C)[Si](OCCCC1OC1c1ccccc1)(c1ccccc1)c1ccccc1. The van der Waals surface area contributed by atoms with Crippen LogP contribution in [0.2, 0.25) is 5.04 Å². The summed E-state index contributed by atoms with van der Waals surface area (Å²) in [6.45, 7) is 7.74. The molecule has 1 aliphatic rings. The number of epoxide rings is 1. The van der Waals surface area contributed by atoms with Crippen molar-refractivity contribution in [3.8, 4) is 0 Å². The third-order valence-electron chi connectivity index (χ3n) is 6.08. The monoisotopic (exact) mass is 416 g/mol. The van der Waals surface area contributed by atoms with Crippen molar-refractivity contribution in [2.45, 2.75) is 50.9 Å². The average Bonchev–Trinajstić information content (AvgIpc) is 3.54. The molecule has 0 spiro atoms. The summed E-state index contributed by atoms with van der Waals surface area (Å²) in [5.74, 6) is 0. The van der Waals surface area contributed by atoms with E-state index in [4.69, 9.17) is 9.16 Å². The Morgan fingerprint density at radius 1 is 0.767 bits per heavy atom. The highest BCUT2D eigenvalue weighted by Gasteiger charge is 2.50. The molecule has 1 saturated heterocycles. The third-order valence-corrected chi connectivity index (χ3v) is 11.1. The van der Waals surface area contributed by atoms with Crippen LogP contribution in [0.3, 0.4) is 0 Å². The Hall–Kier alpha value is -2.20. The lowest BCUT2D eigenvalue weighted by molar-refractivity contribution is 0.277. The first-order valence-electron chi connectivity index (χ1n) is 11.0. The lowest BCUT2D eigenvalue weighted by Gasteiger charge is -2.43. The van der Waals surface area contributed by atoms with Gasteiger partial charge < -0.3 is 9.16 Å². The summed E-state index contributed by atoms with van der Waals surface area (Å²) < 4.78 is 12.9. The van der Waals surface area contributed by atoms with Crippen LogP contribution in [-0.2, 0) is 9.16 Å². The van der Waals surface area contributed by atoms with E-state index in [1.54, 1.807) is 0 Å². The summed E-state index contributed by atoms with van der Waals surface area (Å²) in [6.07, 6.45) is 2.64. The normalized spacial score (nSPS) is 18.9. The number of ether oxygens (including phenoxy) is 1. The first-order valence-corrected chi connectivity index (χ1v) is 12.9. The molecule has 0 N–H and O–H groups in total. The molecule has 1 aliphatic heterocycles. The highest BCUT2D eigenvalue weighted by molar-refractivity contribution is 6.99. The fraction of sp³-hybridized carbons (Fsp3) is 0.333. The zero-order valence-corrected chi connectivity index (χ0v) is 19.3. The fourth-order valence-corrected chi connectivity index (χ4v) is 9.18. The maximum absolute atomic E-state index is 6.97. The Bertz CT molecular complexity index is 880. The van der Waals surface area contributed by atoms with Gasteiger partial charge >= 0.3 is 0 Å². The smallest absolute Gasteiger partial charge is 0.261 e. The molecule has 3 heteroatoms. The molecule has 156 valence electrons. The Kier molecular flexibility index (Phi) is 6.23. The second-order valence-corrected chi connectivity index (χ2v) is 13.5. The molecule has 3 aromatic rings. The summed E-state index contributed by atoms with van der Waals surface area (Å²) in [4.78, 5) is 0. The van der Waals surface area contributed by atoms with Gasteiger partial charge in [0.05, 0.1) is 6.10 Å². The molecule has 2 atom stereocenters. The molecule has 2 unspecified atom stereocenters. The maximum Gasteiger partial charge on any atom is 0.261 e. The van der Waals surface area contributed by atoms with Gasteiger partial charge in [-0.1, -0.05) is 112 Å². The Morgan fingerprint density at radius 3 is 1.77 bits per heavy atom. The topological polar surface area (TPSA) is 21.8 Å². The highest BCUT2D eigenvalue weighted by atomic mass is 28.4. The first-order chi connectivity index (χ1) is 14.5. The van der Waals surface area contributed by atoms with Gasteiger partial charge in [0.25, 0.3) is 8.32 Å². The summed E-state index contributed by atoms with van der Waals surface area (Å²) in [7, 11) is -2.42. The zero-order valence-electron chi connectivity index (χ0n) is 18.3. The van der Waals surface area contributed by atoms with Gasteiger partial charge in [-0.15, -0.1) is 0 Å². The predicted octanol–water partition coefficient (Wildman–Crippen LogP) is 5.48. The van der Waals surface area contributed by atoms with Gasteiger partial charge in [0.1, 0.15) is 6.10 Å². The molecule has 0 saturated carbocycles. The van der Waals surface area contributed by atoms with Crippen molar-refractivity contribution in [3.63, 3.8) is 0 Å². The fourth-order valence-electron chi connectivity index (χ4n) is 4.57. The van der Waals surface area contributed by atoms with Crippen molar-refractivity contribution in [3.05, 3.63) is 96.6 Å². The molecule has 3 aromatic carbocycles. The van der Waals surface area contributed by atoms with E-state index in [0.717, 1.165) is 19.4 Å². The van der Waals surface area contributed by atoms with Crippen molar-refractivity contribution < 1.29 is 9.16 Å². The maximum atomic E-state index is 6.97. The van der Waals surface area contributed by atoms with Crippen molar-refractivity contribution in [1.82, 2.24) is 0 Å². The Morgan fingerprint density at radius 2 is 1.27 bits per heavy atom. The lowest BCUT2D eigenvalue weighted by atomic mass is 10.1. The minimum atomic E-state index is -2.42. The minimum Gasteiger partial charge on any atom is -0.407 e. The molecule has 1 heterocycles. The van der Waals surface area contributed by atoms with E-state index in [-0.39, 0.29) is 11.1 Å². The molecule has 0 amide bonds. The quantitative estimate of drug-likeness (QED) is 0.275. The summed E-state index contributed by atoms with van der Waals surface area (Å²) >= 11 is 0. The van der Waals surface area contributed by atoms with Gasteiger partial charge in [-0.05, 0) is 33.8 Å². The number of hydrogen-bond donors (Lipinski definition) is 0. The number of benzene rings is 3. The van der Waals surface area contributed by atoms with Crippen molar-refractivity contribution >= 4 is 18.7 Å². The Balaban J connectivity index is 1.49. The third kappa shape index (κ3) is 4.29. The van der Waals surface area contributed by atoms with Crippen LogP contribution in [0.25, 0.3) is 0 Å². The second kappa shape index (κ2) is 8.89. The van der Waals surface area contributed by atoms with Crippen molar-refractivity contribution in [1.29, 1.82) is 0 Å². The largest absolute Gasteiger partial charge is 0.407 e. The van der Waals surface area contributed by atoms with Crippen LogP contribution < -0.4 is 10.4 Å². The van der Waals surface area contributed by atoms with Crippen LogP contribution in [0.4, 0.5) is 0 Å². The van der Waals surface area contributed by atoms with E-state index < -0.39 is 8.32 Å². The predicted molar refractivity (Wildman–Crippen MR) is 127 cm³/mol. The van der Waals surface area contributed by atoms with E-state index in [9.17, 15) is 0 Å². The van der Waals surface area contributed by atoms with Gasteiger partial charge in [0, 0.05) is 6.61 Å². The lowest BCUT2D eigenvalue weighted by Crippen LogP contribution is -2.66. The van der Waals surface area contributed by atoms with Gasteiger partial charge in [0.15, 0.2) is 0 Å². The van der Waals surface area contributed by atoms with E-state index in [1.165, 1.54) is 15.9 Å². The van der Waals surface area contributed by atoms with Gasteiger partial charge in [-0.2, -0.15) is 0 Å². The second-order valence-electron chi connectivity index (χ2n) is 9.16. The van der Waals surface area contributed by atoms with Crippen molar-refractivity contribution in [2.75, 3.05) is 6.61 Å². The van der Waals surface area contributed by atoms with Crippen LogP contribution >= 0.6 is 0 Å². The number of rotatable bonds is 8. The van der Waals surface area contributed by atoms with Crippen LogP contribution in [0.15, 0.2) is 91.0 Å². The molecule has 1 fully saturated rings. The summed E-state index contributed by atoms with van der Waals surface area (Å²) in [5, 5.41) is 2.71. The summed E-state index contributed by atoms with van der Waals surface area (Å²) in [6, 6.07) is 32.3. The first kappa shape index (κ1) is 21.0. The van der Waals surface area contributed by atoms with Gasteiger partial charge in [-0.25, -0.2) is 0 Å². The number of hydrogen-bond acceptors (Lipinski definition) is 2. The zero-order chi connectivity index (χ0) is 21.0. The standard InChI is InChI=1S/C27H32O2Si/c1-27(2,3)30(23-16-9-5-10-17-23,24-18-11-6-12-19-24)28-21-13-20-25-26(29-25)22-14-7-4-8-15-22/h4-12,14-19,25-26H,13,20-21H2,1-3H3. The van der Waals surface area contributed by atoms with Gasteiger partial charge in [-0.3, -0.25) is 0 Å². The van der Waals surface area contributed by atoms with Crippen LogP contribution in [0.1, 0.15) is 45.3 Å². The molecule has 0 radical (unpaired) electrons.